The molecule has 7 heteroatoms. The van der Waals surface area contributed by atoms with Gasteiger partial charge in [-0.3, -0.25) is 5.43 Å². The van der Waals surface area contributed by atoms with E-state index >= 15 is 0 Å². The summed E-state index contributed by atoms with van der Waals surface area (Å²) in [6.07, 6.45) is 0. The maximum atomic E-state index is 5.39. The predicted molar refractivity (Wildman–Crippen MR) is 82.0 cm³/mol. The Morgan fingerprint density at radius 1 is 1.19 bits per heavy atom. The first-order valence-corrected chi connectivity index (χ1v) is 6.71. The van der Waals surface area contributed by atoms with Crippen LogP contribution in [0, 0.1) is 0 Å². The molecule has 0 saturated carbocycles. The zero-order chi connectivity index (χ0) is 15.2. The standard InChI is InChI=1S/C14H20N6O/c1-10(2)20(9-11-7-5-4-6-8-11)13-16-12(19-15)17-14(18-13)21-3/h4-8,10H,9,15H2,1-3H3,(H,16,17,18,19). The van der Waals surface area contributed by atoms with Crippen molar-refractivity contribution in [2.45, 2.75) is 26.4 Å². The van der Waals surface area contributed by atoms with Gasteiger partial charge >= 0.3 is 6.01 Å². The van der Waals surface area contributed by atoms with Crippen LogP contribution in [0.5, 0.6) is 6.01 Å². The highest BCUT2D eigenvalue weighted by atomic mass is 16.5. The predicted octanol–water partition coefficient (Wildman–Crippen LogP) is 1.58. The number of nitrogen functional groups attached to an aromatic ring is 1. The number of hydrogen-bond acceptors (Lipinski definition) is 7. The van der Waals surface area contributed by atoms with Crippen LogP contribution in [0.3, 0.4) is 0 Å². The van der Waals surface area contributed by atoms with Crippen LogP contribution in [0.1, 0.15) is 19.4 Å². The van der Waals surface area contributed by atoms with Gasteiger partial charge in [-0.05, 0) is 19.4 Å². The largest absolute Gasteiger partial charge is 0.467 e. The Morgan fingerprint density at radius 2 is 1.90 bits per heavy atom. The highest BCUT2D eigenvalue weighted by Gasteiger charge is 2.17. The lowest BCUT2D eigenvalue weighted by Gasteiger charge is -2.27. The molecule has 0 spiro atoms. The Hall–Kier alpha value is -2.41. The van der Waals surface area contributed by atoms with Crippen LogP contribution in [0.4, 0.5) is 11.9 Å². The van der Waals surface area contributed by atoms with Crippen LogP contribution < -0.4 is 20.9 Å². The number of nitrogens with two attached hydrogens (primary N) is 1. The molecule has 7 nitrogen and oxygen atoms in total. The van der Waals surface area contributed by atoms with Gasteiger partial charge in [0.1, 0.15) is 0 Å². The maximum absolute atomic E-state index is 5.39. The van der Waals surface area contributed by atoms with E-state index in [2.05, 4.69) is 51.3 Å². The first kappa shape index (κ1) is 15.0. The third-order valence-corrected chi connectivity index (χ3v) is 2.99. The summed E-state index contributed by atoms with van der Waals surface area (Å²) in [4.78, 5) is 14.7. The van der Waals surface area contributed by atoms with E-state index in [1.165, 1.54) is 12.7 Å². The number of rotatable bonds is 6. The lowest BCUT2D eigenvalue weighted by molar-refractivity contribution is 0.378. The molecule has 0 bridgehead atoms. The number of ether oxygens (including phenoxy) is 1. The smallest absolute Gasteiger partial charge is 0.322 e. The minimum absolute atomic E-state index is 0.211. The van der Waals surface area contributed by atoms with Gasteiger partial charge < -0.3 is 9.64 Å². The van der Waals surface area contributed by atoms with Crippen LogP contribution in [-0.4, -0.2) is 28.1 Å². The number of nitrogens with zero attached hydrogens (tertiary/aromatic N) is 4. The third-order valence-electron chi connectivity index (χ3n) is 2.99. The van der Waals surface area contributed by atoms with E-state index in [1.54, 1.807) is 0 Å². The highest BCUT2D eigenvalue weighted by molar-refractivity contribution is 5.39. The van der Waals surface area contributed by atoms with E-state index in [1.807, 2.05) is 18.2 Å². The van der Waals surface area contributed by atoms with Gasteiger partial charge in [-0.15, -0.1) is 0 Å². The van der Waals surface area contributed by atoms with Crippen LogP contribution >= 0.6 is 0 Å². The molecule has 3 N–H and O–H groups in total. The molecule has 2 rings (SSSR count). The van der Waals surface area contributed by atoms with Crippen molar-refractivity contribution in [2.75, 3.05) is 17.4 Å². The summed E-state index contributed by atoms with van der Waals surface area (Å²) >= 11 is 0. The minimum atomic E-state index is 0.211. The Morgan fingerprint density at radius 3 is 2.48 bits per heavy atom. The molecule has 2 aromatic rings. The molecule has 21 heavy (non-hydrogen) atoms. The number of aromatic nitrogens is 3. The number of benzene rings is 1. The average Bonchev–Trinajstić information content (AvgIpc) is 2.52. The molecule has 0 unspecified atom stereocenters. The van der Waals surface area contributed by atoms with Gasteiger partial charge in [0.15, 0.2) is 0 Å². The van der Waals surface area contributed by atoms with E-state index < -0.39 is 0 Å². The van der Waals surface area contributed by atoms with Crippen molar-refractivity contribution in [3.05, 3.63) is 35.9 Å². The van der Waals surface area contributed by atoms with Crippen molar-refractivity contribution in [1.82, 2.24) is 15.0 Å². The number of anilines is 2. The normalized spacial score (nSPS) is 10.5. The van der Waals surface area contributed by atoms with Crippen molar-refractivity contribution in [3.8, 4) is 6.01 Å². The molecular formula is C14H20N6O. The van der Waals surface area contributed by atoms with Crippen LogP contribution in [0.15, 0.2) is 30.3 Å². The first-order valence-electron chi connectivity index (χ1n) is 6.71. The van der Waals surface area contributed by atoms with Gasteiger partial charge in [-0.25, -0.2) is 5.84 Å². The van der Waals surface area contributed by atoms with Gasteiger partial charge in [0.2, 0.25) is 11.9 Å². The second-order valence-electron chi connectivity index (χ2n) is 4.80. The summed E-state index contributed by atoms with van der Waals surface area (Å²) in [6, 6.07) is 10.6. The monoisotopic (exact) mass is 288 g/mol. The second kappa shape index (κ2) is 6.85. The third kappa shape index (κ3) is 3.79. The van der Waals surface area contributed by atoms with E-state index in [4.69, 9.17) is 10.6 Å². The lowest BCUT2D eigenvalue weighted by atomic mass is 10.2. The summed E-state index contributed by atoms with van der Waals surface area (Å²) < 4.78 is 5.09. The lowest BCUT2D eigenvalue weighted by Crippen LogP contribution is -2.32. The van der Waals surface area contributed by atoms with Gasteiger partial charge in [-0.2, -0.15) is 15.0 Å². The summed E-state index contributed by atoms with van der Waals surface area (Å²) in [6.45, 7) is 4.85. The quantitative estimate of drug-likeness (QED) is 0.616. The van der Waals surface area contributed by atoms with Crippen molar-refractivity contribution in [1.29, 1.82) is 0 Å². The van der Waals surface area contributed by atoms with Gasteiger partial charge in [0.05, 0.1) is 7.11 Å². The molecule has 0 radical (unpaired) electrons. The van der Waals surface area contributed by atoms with Crippen LogP contribution in [-0.2, 0) is 6.54 Å². The molecule has 0 atom stereocenters. The topological polar surface area (TPSA) is 89.2 Å². The molecule has 0 saturated heterocycles. The van der Waals surface area contributed by atoms with E-state index in [0.29, 0.717) is 12.5 Å². The molecule has 1 aromatic heterocycles. The van der Waals surface area contributed by atoms with Crippen molar-refractivity contribution in [3.63, 3.8) is 0 Å². The molecule has 0 fully saturated rings. The van der Waals surface area contributed by atoms with Gasteiger partial charge in [0.25, 0.3) is 0 Å². The Bertz CT molecular complexity index is 553. The Labute approximate surface area is 124 Å². The summed E-state index contributed by atoms with van der Waals surface area (Å²) in [5.74, 6) is 6.19. The summed E-state index contributed by atoms with van der Waals surface area (Å²) in [5, 5.41) is 0. The maximum Gasteiger partial charge on any atom is 0.322 e. The summed E-state index contributed by atoms with van der Waals surface area (Å²) in [5.41, 5.74) is 3.60. The van der Waals surface area contributed by atoms with E-state index in [0.717, 1.165) is 0 Å². The zero-order valence-electron chi connectivity index (χ0n) is 12.4. The molecule has 1 aromatic carbocycles. The number of nitrogens with one attached hydrogen (secondary N) is 1. The number of hydrazine groups is 1. The highest BCUT2D eigenvalue weighted by Crippen LogP contribution is 2.19. The van der Waals surface area contributed by atoms with Crippen molar-refractivity contribution in [2.24, 2.45) is 5.84 Å². The number of hydrogen-bond donors (Lipinski definition) is 2. The molecule has 0 aliphatic heterocycles. The second-order valence-corrected chi connectivity index (χ2v) is 4.80. The van der Waals surface area contributed by atoms with Crippen LogP contribution in [0.25, 0.3) is 0 Å². The number of methoxy groups -OCH3 is 1. The molecule has 0 aliphatic rings. The summed E-state index contributed by atoms with van der Waals surface area (Å²) in [7, 11) is 1.51. The molecule has 112 valence electrons. The van der Waals surface area contributed by atoms with Crippen molar-refractivity contribution < 1.29 is 4.74 Å². The van der Waals surface area contributed by atoms with Gasteiger partial charge in [-0.1, -0.05) is 30.3 Å². The fourth-order valence-electron chi connectivity index (χ4n) is 1.89. The SMILES string of the molecule is COc1nc(NN)nc(N(Cc2ccccc2)C(C)C)n1. The molecule has 0 aliphatic carbocycles. The molecular weight excluding hydrogens is 268 g/mol. The molecule has 1 heterocycles. The van der Waals surface area contributed by atoms with Gasteiger partial charge in [0, 0.05) is 12.6 Å². The first-order chi connectivity index (χ1) is 10.1. The fraction of sp³-hybridized carbons (Fsp3) is 0.357. The molecule has 0 amide bonds. The Kier molecular flexibility index (Phi) is 4.89. The zero-order valence-corrected chi connectivity index (χ0v) is 12.4. The minimum Gasteiger partial charge on any atom is -0.467 e. The average molecular weight is 288 g/mol. The fourth-order valence-corrected chi connectivity index (χ4v) is 1.89. The van der Waals surface area contributed by atoms with Crippen molar-refractivity contribution >= 4 is 11.9 Å². The van der Waals surface area contributed by atoms with E-state index in [9.17, 15) is 0 Å². The van der Waals surface area contributed by atoms with E-state index in [-0.39, 0.29) is 18.0 Å². The Balaban J connectivity index is 2.33. The van der Waals surface area contributed by atoms with Crippen LogP contribution in [0.2, 0.25) is 0 Å².